The van der Waals surface area contributed by atoms with E-state index in [1.165, 1.54) is 0 Å². The van der Waals surface area contributed by atoms with Gasteiger partial charge in [-0.25, -0.2) is 4.99 Å². The second kappa shape index (κ2) is 9.38. The van der Waals surface area contributed by atoms with Crippen LogP contribution in [-0.2, 0) is 6.54 Å². The second-order valence-corrected chi connectivity index (χ2v) is 9.80. The van der Waals surface area contributed by atoms with Gasteiger partial charge in [0.05, 0.1) is 11.4 Å². The summed E-state index contributed by atoms with van der Waals surface area (Å²) in [6.07, 6.45) is 0. The third kappa shape index (κ3) is 4.52. The molecule has 3 nitrogen and oxygen atoms in total. The number of fused-ring (bicyclic) bond motifs is 2. The van der Waals surface area contributed by atoms with Gasteiger partial charge in [0.1, 0.15) is 0 Å². The lowest BCUT2D eigenvalue weighted by atomic mass is 10.0. The molecule has 0 aliphatic carbocycles. The van der Waals surface area contributed by atoms with Crippen LogP contribution in [0, 0.1) is 0 Å². The molecule has 0 saturated carbocycles. The van der Waals surface area contributed by atoms with Crippen LogP contribution in [0.5, 0.6) is 0 Å². The lowest BCUT2D eigenvalue weighted by Crippen LogP contribution is -2.26. The Balaban J connectivity index is 1.53. The van der Waals surface area contributed by atoms with Gasteiger partial charge < -0.3 is 4.90 Å². The molecule has 0 N–H and O–H groups in total. The van der Waals surface area contributed by atoms with Crippen LogP contribution in [0.4, 0.5) is 5.69 Å². The maximum absolute atomic E-state index is 13.3. The fourth-order valence-corrected chi connectivity index (χ4v) is 5.28. The summed E-state index contributed by atoms with van der Waals surface area (Å²) >= 11 is 5.26. The van der Waals surface area contributed by atoms with Crippen LogP contribution >= 0.6 is 27.7 Å². The molecule has 1 amide bonds. The smallest absolute Gasteiger partial charge is 0.253 e. The fourth-order valence-electron chi connectivity index (χ4n) is 3.86. The largest absolute Gasteiger partial charge is 0.337 e. The average Bonchev–Trinajstić information content (AvgIpc) is 3.02. The highest BCUT2D eigenvalue weighted by atomic mass is 79.9. The molecule has 1 aliphatic rings. The zero-order valence-corrected chi connectivity index (χ0v) is 20.4. The van der Waals surface area contributed by atoms with Crippen molar-refractivity contribution in [1.82, 2.24) is 4.90 Å². The molecule has 0 atom stereocenters. The van der Waals surface area contributed by atoms with Crippen molar-refractivity contribution in [1.29, 1.82) is 0 Å². The molecule has 0 unspecified atom stereocenters. The second-order valence-electron chi connectivity index (χ2n) is 7.86. The Hall–Kier alpha value is -3.15. The minimum Gasteiger partial charge on any atom is -0.337 e. The maximum atomic E-state index is 13.3. The molecule has 33 heavy (non-hydrogen) atoms. The van der Waals surface area contributed by atoms with E-state index in [-0.39, 0.29) is 5.91 Å². The monoisotopic (exact) mass is 512 g/mol. The van der Waals surface area contributed by atoms with E-state index < -0.39 is 0 Å². The van der Waals surface area contributed by atoms with Gasteiger partial charge in [0.2, 0.25) is 0 Å². The highest BCUT2D eigenvalue weighted by Gasteiger charge is 2.21. The summed E-state index contributed by atoms with van der Waals surface area (Å²) in [7, 11) is 1.83. The van der Waals surface area contributed by atoms with Crippen molar-refractivity contribution in [3.05, 3.63) is 124 Å². The quantitative estimate of drug-likeness (QED) is 0.252. The number of nitrogens with zero attached hydrogens (tertiary/aromatic N) is 2. The Morgan fingerprint density at radius 1 is 0.879 bits per heavy atom. The third-order valence-corrected chi connectivity index (χ3v) is 7.47. The van der Waals surface area contributed by atoms with E-state index in [9.17, 15) is 4.79 Å². The predicted molar refractivity (Wildman–Crippen MR) is 139 cm³/mol. The number of halogens is 1. The number of hydrogen-bond acceptors (Lipinski definition) is 3. The Labute approximate surface area is 206 Å². The Morgan fingerprint density at radius 3 is 2.42 bits per heavy atom. The molecule has 4 aromatic rings. The summed E-state index contributed by atoms with van der Waals surface area (Å²) in [4.78, 5) is 22.3. The molecule has 5 heteroatoms. The molecular formula is C28H21BrN2OS. The van der Waals surface area contributed by atoms with Crippen molar-refractivity contribution < 1.29 is 4.79 Å². The Bertz CT molecular complexity index is 1370. The van der Waals surface area contributed by atoms with E-state index in [1.807, 2.05) is 79.8 Å². The van der Waals surface area contributed by atoms with Gasteiger partial charge in [0.15, 0.2) is 0 Å². The minimum absolute atomic E-state index is 0.0308. The van der Waals surface area contributed by atoms with Gasteiger partial charge in [-0.1, -0.05) is 94.4 Å². The van der Waals surface area contributed by atoms with Crippen LogP contribution in [0.15, 0.2) is 116 Å². The van der Waals surface area contributed by atoms with Gasteiger partial charge in [0.25, 0.3) is 5.91 Å². The summed E-state index contributed by atoms with van der Waals surface area (Å²) < 4.78 is 0.998. The fraction of sp³-hybridized carbons (Fsp3) is 0.0714. The van der Waals surface area contributed by atoms with E-state index in [2.05, 4.69) is 40.2 Å². The molecule has 0 bridgehead atoms. The normalized spacial score (nSPS) is 12.2. The van der Waals surface area contributed by atoms with Gasteiger partial charge in [-0.3, -0.25) is 4.79 Å². The number of amides is 1. The van der Waals surface area contributed by atoms with Crippen LogP contribution in [0.1, 0.15) is 27.0 Å². The predicted octanol–water partition coefficient (Wildman–Crippen LogP) is 7.36. The van der Waals surface area contributed by atoms with E-state index in [4.69, 9.17) is 4.99 Å². The summed E-state index contributed by atoms with van der Waals surface area (Å²) in [6.45, 7) is 0.524. The van der Waals surface area contributed by atoms with Gasteiger partial charge >= 0.3 is 0 Å². The van der Waals surface area contributed by atoms with Crippen molar-refractivity contribution >= 4 is 45.0 Å². The first-order valence-electron chi connectivity index (χ1n) is 10.6. The molecule has 4 aromatic carbocycles. The van der Waals surface area contributed by atoms with E-state index in [1.54, 1.807) is 16.7 Å². The molecule has 0 fully saturated rings. The van der Waals surface area contributed by atoms with Crippen LogP contribution in [0.3, 0.4) is 0 Å². The van der Waals surface area contributed by atoms with Crippen molar-refractivity contribution in [3.63, 3.8) is 0 Å². The number of carbonyl (C=O) groups excluding carboxylic acids is 1. The molecular weight excluding hydrogens is 492 g/mol. The molecule has 1 aliphatic heterocycles. The number of rotatable bonds is 4. The first-order chi connectivity index (χ1) is 16.1. The van der Waals surface area contributed by atoms with Gasteiger partial charge in [-0.15, -0.1) is 0 Å². The third-order valence-electron chi connectivity index (χ3n) is 5.56. The Morgan fingerprint density at radius 2 is 1.61 bits per heavy atom. The number of hydrogen-bond donors (Lipinski definition) is 0. The molecule has 162 valence electrons. The summed E-state index contributed by atoms with van der Waals surface area (Å²) in [6, 6.07) is 32.3. The lowest BCUT2D eigenvalue weighted by molar-refractivity contribution is 0.0785. The molecule has 0 aromatic heterocycles. The van der Waals surface area contributed by atoms with Gasteiger partial charge in [-0.05, 0) is 35.9 Å². The highest BCUT2D eigenvalue weighted by molar-refractivity contribution is 9.10. The lowest BCUT2D eigenvalue weighted by Gasteiger charge is -2.18. The highest BCUT2D eigenvalue weighted by Crippen LogP contribution is 2.41. The summed E-state index contributed by atoms with van der Waals surface area (Å²) in [5.41, 5.74) is 5.59. The van der Waals surface area contributed by atoms with E-state index in [0.717, 1.165) is 42.4 Å². The molecule has 0 saturated heterocycles. The van der Waals surface area contributed by atoms with Gasteiger partial charge in [0, 0.05) is 44.5 Å². The number of aliphatic imine (C=N–C) groups is 1. The van der Waals surface area contributed by atoms with Crippen molar-refractivity contribution in [3.8, 4) is 0 Å². The molecule has 1 heterocycles. The van der Waals surface area contributed by atoms with Crippen LogP contribution < -0.4 is 0 Å². The standard InChI is InChI=1S/C28H21BrN2OS/c1-31(18-21-11-5-7-13-23(21)29)28(32)20-15-16-26-24(17-20)30-27(19-9-3-2-4-10-19)22-12-6-8-14-25(22)33-26/h2-17H,18H2,1H3. The van der Waals surface area contributed by atoms with Crippen LogP contribution in [0.25, 0.3) is 0 Å². The maximum Gasteiger partial charge on any atom is 0.253 e. The summed E-state index contributed by atoms with van der Waals surface area (Å²) in [5, 5.41) is 0. The first kappa shape index (κ1) is 21.7. The van der Waals surface area contributed by atoms with E-state index >= 15 is 0 Å². The topological polar surface area (TPSA) is 32.7 Å². The number of benzene rings is 4. The van der Waals surface area contributed by atoms with Crippen molar-refractivity contribution in [2.75, 3.05) is 7.05 Å². The molecule has 5 rings (SSSR count). The van der Waals surface area contributed by atoms with Crippen molar-refractivity contribution in [2.45, 2.75) is 16.3 Å². The van der Waals surface area contributed by atoms with Crippen molar-refractivity contribution in [2.24, 2.45) is 4.99 Å². The van der Waals surface area contributed by atoms with E-state index in [0.29, 0.717) is 12.1 Å². The number of carbonyl (C=O) groups is 1. The SMILES string of the molecule is CN(Cc1ccccc1Br)C(=O)c1ccc2c(c1)N=C(c1ccccc1)c1ccccc1S2. The van der Waals surface area contributed by atoms with Crippen LogP contribution in [-0.4, -0.2) is 23.6 Å². The van der Waals surface area contributed by atoms with Crippen LogP contribution in [0.2, 0.25) is 0 Å². The Kier molecular flexibility index (Phi) is 6.16. The average molecular weight is 513 g/mol. The molecule has 0 spiro atoms. The zero-order valence-electron chi connectivity index (χ0n) is 18.0. The van der Waals surface area contributed by atoms with Gasteiger partial charge in [-0.2, -0.15) is 0 Å². The minimum atomic E-state index is -0.0308. The zero-order chi connectivity index (χ0) is 22.8. The first-order valence-corrected chi connectivity index (χ1v) is 12.3. The molecule has 0 radical (unpaired) electrons. The summed E-state index contributed by atoms with van der Waals surface area (Å²) in [5.74, 6) is -0.0308.